The normalized spacial score (nSPS) is 11.2. The largest absolute Gasteiger partial charge is 0.493 e. The topological polar surface area (TPSA) is 119 Å². The number of carbonyl (C=O) groups is 2. The average molecular weight is 559 g/mol. The molecule has 0 aliphatic rings. The Morgan fingerprint density at radius 2 is 1.88 bits per heavy atom. The van der Waals surface area contributed by atoms with Gasteiger partial charge in [0.15, 0.2) is 0 Å². The minimum absolute atomic E-state index is 0.00107. The molecule has 0 aliphatic heterocycles. The number of ether oxygens (including phenoxy) is 1. The molecule has 5 aromatic rings. The van der Waals surface area contributed by atoms with Crippen LogP contribution in [0.3, 0.4) is 0 Å². The van der Waals surface area contributed by atoms with Crippen molar-refractivity contribution in [3.05, 3.63) is 87.7 Å². The molecular weight excluding hydrogens is 528 g/mol. The second kappa shape index (κ2) is 11.7. The van der Waals surface area contributed by atoms with Crippen LogP contribution in [0.2, 0.25) is 0 Å². The second-order valence-corrected chi connectivity index (χ2v) is 10.6. The van der Waals surface area contributed by atoms with Crippen LogP contribution in [-0.4, -0.2) is 38.4 Å². The van der Waals surface area contributed by atoms with Crippen LogP contribution in [0, 0.1) is 13.8 Å². The molecule has 2 aromatic carbocycles. The van der Waals surface area contributed by atoms with Gasteiger partial charge in [-0.25, -0.2) is 4.98 Å². The van der Waals surface area contributed by atoms with Gasteiger partial charge >= 0.3 is 5.97 Å². The van der Waals surface area contributed by atoms with Crippen LogP contribution < -0.4 is 10.1 Å². The van der Waals surface area contributed by atoms with Gasteiger partial charge in [-0.3, -0.25) is 14.3 Å². The Kier molecular flexibility index (Phi) is 7.97. The number of carboxylic acids is 1. The number of carbonyl (C=O) groups excluding carboxylic acids is 1. The number of nitrogens with one attached hydrogen (secondary N) is 1. The molecule has 0 aliphatic carbocycles. The summed E-state index contributed by atoms with van der Waals surface area (Å²) < 4.78 is 13.7. The highest BCUT2D eigenvalue weighted by atomic mass is 32.1. The fourth-order valence-electron chi connectivity index (χ4n) is 4.55. The summed E-state index contributed by atoms with van der Waals surface area (Å²) >= 11 is 1.39. The Bertz CT molecular complexity index is 1630. The predicted octanol–water partition coefficient (Wildman–Crippen LogP) is 5.48. The SMILES string of the molecule is Cc1oc(-c2ccccc2)nc1CCOc1ccc(CCC(=O)O)c(CNC(=O)c2cc3c(C)nn(C)c3s2)c1. The number of hydrogen-bond acceptors (Lipinski definition) is 7. The molecule has 0 atom stereocenters. The van der Waals surface area contributed by atoms with Gasteiger partial charge in [-0.15, -0.1) is 11.3 Å². The summed E-state index contributed by atoms with van der Waals surface area (Å²) in [5.41, 5.74) is 4.30. The molecule has 5 rings (SSSR count). The van der Waals surface area contributed by atoms with Crippen molar-refractivity contribution in [1.82, 2.24) is 20.1 Å². The molecule has 0 unspecified atom stereocenters. The zero-order valence-electron chi connectivity index (χ0n) is 22.6. The zero-order valence-corrected chi connectivity index (χ0v) is 23.4. The van der Waals surface area contributed by atoms with E-state index in [2.05, 4.69) is 15.4 Å². The third kappa shape index (κ3) is 6.07. The Morgan fingerprint density at radius 1 is 1.07 bits per heavy atom. The number of aryl methyl sites for hydroxylation is 4. The fraction of sp³-hybridized carbons (Fsp3) is 0.267. The third-order valence-electron chi connectivity index (χ3n) is 6.67. The maximum atomic E-state index is 13.0. The Balaban J connectivity index is 1.26. The van der Waals surface area contributed by atoms with Crippen molar-refractivity contribution >= 4 is 33.4 Å². The van der Waals surface area contributed by atoms with Crippen molar-refractivity contribution < 1.29 is 23.8 Å². The number of nitrogens with zero attached hydrogens (tertiary/aromatic N) is 3. The van der Waals surface area contributed by atoms with E-state index in [-0.39, 0.29) is 18.9 Å². The van der Waals surface area contributed by atoms with Gasteiger partial charge in [0.1, 0.15) is 16.3 Å². The summed E-state index contributed by atoms with van der Waals surface area (Å²) in [4.78, 5) is 30.3. The summed E-state index contributed by atoms with van der Waals surface area (Å²) in [6, 6.07) is 17.2. The Hall–Kier alpha value is -4.44. The zero-order chi connectivity index (χ0) is 28.2. The number of rotatable bonds is 11. The summed E-state index contributed by atoms with van der Waals surface area (Å²) in [6.45, 7) is 4.45. The van der Waals surface area contributed by atoms with E-state index >= 15 is 0 Å². The van der Waals surface area contributed by atoms with Crippen LogP contribution in [0.5, 0.6) is 5.75 Å². The minimum atomic E-state index is -0.873. The lowest BCUT2D eigenvalue weighted by Crippen LogP contribution is -2.22. The van der Waals surface area contributed by atoms with Crippen molar-refractivity contribution in [2.75, 3.05) is 6.61 Å². The van der Waals surface area contributed by atoms with Crippen LogP contribution in [0.15, 0.2) is 59.0 Å². The lowest BCUT2D eigenvalue weighted by atomic mass is 10.0. The van der Waals surface area contributed by atoms with E-state index in [1.807, 2.05) is 75.5 Å². The van der Waals surface area contributed by atoms with Crippen molar-refractivity contribution in [2.45, 2.75) is 39.7 Å². The monoisotopic (exact) mass is 558 g/mol. The summed E-state index contributed by atoms with van der Waals surface area (Å²) in [5.74, 6) is 0.909. The quantitative estimate of drug-likeness (QED) is 0.220. The lowest BCUT2D eigenvalue weighted by molar-refractivity contribution is -0.136. The molecule has 1 amide bonds. The molecular formula is C30H30N4O5S. The molecule has 0 spiro atoms. The number of benzene rings is 2. The van der Waals surface area contributed by atoms with Crippen LogP contribution in [-0.2, 0) is 31.2 Å². The number of aromatic nitrogens is 3. The smallest absolute Gasteiger partial charge is 0.303 e. The van der Waals surface area contributed by atoms with E-state index in [1.165, 1.54) is 11.3 Å². The molecule has 0 saturated heterocycles. The molecule has 10 heteroatoms. The number of fused-ring (bicyclic) bond motifs is 1. The molecule has 3 heterocycles. The van der Waals surface area contributed by atoms with Crippen molar-refractivity contribution in [2.24, 2.45) is 7.05 Å². The van der Waals surface area contributed by atoms with Crippen molar-refractivity contribution in [3.8, 4) is 17.2 Å². The van der Waals surface area contributed by atoms with Gasteiger partial charge in [0, 0.05) is 37.4 Å². The molecule has 0 fully saturated rings. The van der Waals surface area contributed by atoms with Crippen molar-refractivity contribution in [1.29, 1.82) is 0 Å². The van der Waals surface area contributed by atoms with Gasteiger partial charge in [0.2, 0.25) is 5.89 Å². The van der Waals surface area contributed by atoms with Gasteiger partial charge in [0.25, 0.3) is 5.91 Å². The van der Waals surface area contributed by atoms with Crippen LogP contribution in [0.1, 0.15) is 44.4 Å². The number of aliphatic carboxylic acids is 1. The summed E-state index contributed by atoms with van der Waals surface area (Å²) in [7, 11) is 1.86. The molecule has 9 nitrogen and oxygen atoms in total. The van der Waals surface area contributed by atoms with Crippen LogP contribution in [0.25, 0.3) is 21.7 Å². The standard InChI is InChI=1S/C30H30N4O5S/c1-18-24-16-26(40-30(24)34(3)33-18)28(37)31-17-22-15-23(11-9-20(22)10-12-27(35)36)38-14-13-25-19(2)39-29(32-25)21-7-5-4-6-8-21/h4-9,11,15-16H,10,12-14,17H2,1-3H3,(H,31,37)(H,35,36). The second-order valence-electron chi connectivity index (χ2n) is 9.53. The van der Waals surface area contributed by atoms with Gasteiger partial charge in [-0.2, -0.15) is 5.10 Å². The highest BCUT2D eigenvalue weighted by Gasteiger charge is 2.16. The maximum Gasteiger partial charge on any atom is 0.303 e. The molecule has 40 heavy (non-hydrogen) atoms. The first-order chi connectivity index (χ1) is 19.3. The third-order valence-corrected chi connectivity index (χ3v) is 7.87. The lowest BCUT2D eigenvalue weighted by Gasteiger charge is -2.13. The first-order valence-corrected chi connectivity index (χ1v) is 13.8. The van der Waals surface area contributed by atoms with Gasteiger partial charge in [-0.1, -0.05) is 24.3 Å². The summed E-state index contributed by atoms with van der Waals surface area (Å²) in [5, 5.41) is 17.5. The maximum absolute atomic E-state index is 13.0. The Labute approximate surface area is 235 Å². The number of carboxylic acid groups (broad SMARTS) is 1. The number of amides is 1. The minimum Gasteiger partial charge on any atom is -0.493 e. The molecule has 2 N–H and O–H groups in total. The molecule has 3 aromatic heterocycles. The predicted molar refractivity (Wildman–Crippen MR) is 153 cm³/mol. The van der Waals surface area contributed by atoms with Gasteiger partial charge in [-0.05, 0) is 61.7 Å². The van der Waals surface area contributed by atoms with E-state index in [0.717, 1.165) is 44.1 Å². The Morgan fingerprint density at radius 3 is 2.62 bits per heavy atom. The first kappa shape index (κ1) is 27.1. The van der Waals surface area contributed by atoms with E-state index in [1.54, 1.807) is 4.68 Å². The first-order valence-electron chi connectivity index (χ1n) is 13.0. The van der Waals surface area contributed by atoms with Crippen LogP contribution in [0.4, 0.5) is 0 Å². The van der Waals surface area contributed by atoms with E-state index in [0.29, 0.717) is 36.0 Å². The van der Waals surface area contributed by atoms with Gasteiger partial charge < -0.3 is 19.6 Å². The fourth-order valence-corrected chi connectivity index (χ4v) is 5.59. The highest BCUT2D eigenvalue weighted by molar-refractivity contribution is 7.20. The molecule has 206 valence electrons. The summed E-state index contributed by atoms with van der Waals surface area (Å²) in [6.07, 6.45) is 0.920. The van der Waals surface area contributed by atoms with Crippen molar-refractivity contribution in [3.63, 3.8) is 0 Å². The molecule has 0 bridgehead atoms. The number of thiophene rings is 1. The number of hydrogen-bond donors (Lipinski definition) is 2. The van der Waals surface area contributed by atoms with E-state index in [9.17, 15) is 14.7 Å². The van der Waals surface area contributed by atoms with Gasteiger partial charge in [0.05, 0.1) is 22.9 Å². The highest BCUT2D eigenvalue weighted by Crippen LogP contribution is 2.28. The van der Waals surface area contributed by atoms with Crippen LogP contribution >= 0.6 is 11.3 Å². The van der Waals surface area contributed by atoms with E-state index in [4.69, 9.17) is 9.15 Å². The van der Waals surface area contributed by atoms with E-state index < -0.39 is 5.97 Å². The molecule has 0 saturated carbocycles. The average Bonchev–Trinajstić information content (AvgIpc) is 3.62. The molecule has 0 radical (unpaired) electrons. The number of oxazole rings is 1.